The quantitative estimate of drug-likeness (QED) is 0.567. The van der Waals surface area contributed by atoms with E-state index < -0.39 is 0 Å². The van der Waals surface area contributed by atoms with Crippen LogP contribution in [-0.2, 0) is 11.3 Å². The van der Waals surface area contributed by atoms with Gasteiger partial charge in [-0.05, 0) is 48.9 Å². The summed E-state index contributed by atoms with van der Waals surface area (Å²) in [6.07, 6.45) is 5.18. The average Bonchev–Trinajstić information content (AvgIpc) is 2.86. The van der Waals surface area contributed by atoms with Crippen molar-refractivity contribution in [1.82, 2.24) is 10.3 Å². The molecule has 7 heteroatoms. The number of hydrogen-bond donors (Lipinski definition) is 1. The first-order chi connectivity index (χ1) is 15.6. The van der Waals surface area contributed by atoms with E-state index in [0.717, 1.165) is 53.8 Å². The Labute approximate surface area is 192 Å². The number of piperidine rings is 1. The molecule has 1 saturated heterocycles. The van der Waals surface area contributed by atoms with E-state index in [0.29, 0.717) is 12.1 Å². The molecular weight excluding hydrogens is 420 g/mol. The fourth-order valence-electron chi connectivity index (χ4n) is 4.15. The van der Waals surface area contributed by atoms with Gasteiger partial charge in [0.25, 0.3) is 0 Å². The van der Waals surface area contributed by atoms with Crippen LogP contribution in [0.25, 0.3) is 10.9 Å². The predicted octanol–water partition coefficient (Wildman–Crippen LogP) is 4.37. The maximum absolute atomic E-state index is 12.7. The lowest BCUT2D eigenvalue weighted by atomic mass is 9.94. The van der Waals surface area contributed by atoms with Gasteiger partial charge in [-0.3, -0.25) is 9.78 Å². The number of pyridine rings is 1. The number of methoxy groups -OCH3 is 1. The van der Waals surface area contributed by atoms with Crippen molar-refractivity contribution in [3.63, 3.8) is 0 Å². The van der Waals surface area contributed by atoms with Gasteiger partial charge < -0.3 is 15.0 Å². The van der Waals surface area contributed by atoms with Crippen molar-refractivity contribution in [2.45, 2.75) is 24.3 Å². The SMILES string of the molecule is COc1ccc2c(N3CCC(C(=O)NCc4ccc(SC)cc4)CC3)c(C#N)cnc2c1. The summed E-state index contributed by atoms with van der Waals surface area (Å²) in [7, 11) is 1.63. The summed E-state index contributed by atoms with van der Waals surface area (Å²) in [5.41, 5.74) is 3.35. The molecule has 0 radical (unpaired) electrons. The number of fused-ring (bicyclic) bond motifs is 1. The van der Waals surface area contributed by atoms with Gasteiger partial charge in [0.15, 0.2) is 0 Å². The van der Waals surface area contributed by atoms with E-state index in [9.17, 15) is 10.1 Å². The Morgan fingerprint density at radius 1 is 1.25 bits per heavy atom. The van der Waals surface area contributed by atoms with Crippen LogP contribution in [0.3, 0.4) is 0 Å². The summed E-state index contributed by atoms with van der Waals surface area (Å²) < 4.78 is 5.31. The number of carbonyl (C=O) groups excluding carboxylic acids is 1. The molecule has 1 N–H and O–H groups in total. The van der Waals surface area contributed by atoms with Crippen LogP contribution in [0.4, 0.5) is 5.69 Å². The zero-order valence-electron chi connectivity index (χ0n) is 18.3. The van der Waals surface area contributed by atoms with Crippen molar-refractivity contribution in [3.8, 4) is 11.8 Å². The van der Waals surface area contributed by atoms with E-state index in [1.54, 1.807) is 25.1 Å². The second-order valence-corrected chi connectivity index (χ2v) is 8.72. The summed E-state index contributed by atoms with van der Waals surface area (Å²) in [5.74, 6) is 0.818. The molecule has 1 aliphatic heterocycles. The van der Waals surface area contributed by atoms with Gasteiger partial charge in [0, 0.05) is 48.1 Å². The highest BCUT2D eigenvalue weighted by molar-refractivity contribution is 7.98. The Bertz CT molecular complexity index is 1150. The molecule has 1 aliphatic rings. The zero-order chi connectivity index (χ0) is 22.5. The molecule has 3 aromatic rings. The van der Waals surface area contributed by atoms with E-state index in [4.69, 9.17) is 4.74 Å². The molecule has 0 unspecified atom stereocenters. The maximum atomic E-state index is 12.7. The second-order valence-electron chi connectivity index (χ2n) is 7.84. The number of thioether (sulfide) groups is 1. The van der Waals surface area contributed by atoms with Gasteiger partial charge in [-0.15, -0.1) is 11.8 Å². The van der Waals surface area contributed by atoms with E-state index in [2.05, 4.69) is 45.5 Å². The molecular formula is C25H26N4O2S. The van der Waals surface area contributed by atoms with Crippen LogP contribution >= 0.6 is 11.8 Å². The summed E-state index contributed by atoms with van der Waals surface area (Å²) >= 11 is 1.71. The van der Waals surface area contributed by atoms with E-state index in [-0.39, 0.29) is 11.8 Å². The number of ether oxygens (including phenoxy) is 1. The van der Waals surface area contributed by atoms with Crippen molar-refractivity contribution in [2.24, 2.45) is 5.92 Å². The molecule has 164 valence electrons. The fourth-order valence-corrected chi connectivity index (χ4v) is 4.56. The molecule has 4 rings (SSSR count). The van der Waals surface area contributed by atoms with Crippen LogP contribution in [0.5, 0.6) is 5.75 Å². The molecule has 0 spiro atoms. The number of nitrogens with one attached hydrogen (secondary N) is 1. The number of aromatic nitrogens is 1. The van der Waals surface area contributed by atoms with Gasteiger partial charge in [0.1, 0.15) is 11.8 Å². The second kappa shape index (κ2) is 9.92. The van der Waals surface area contributed by atoms with Crippen LogP contribution in [-0.4, -0.2) is 37.3 Å². The Morgan fingerprint density at radius 2 is 2.00 bits per heavy atom. The lowest BCUT2D eigenvalue weighted by Crippen LogP contribution is -2.40. The first kappa shape index (κ1) is 22.0. The highest BCUT2D eigenvalue weighted by Crippen LogP contribution is 2.34. The van der Waals surface area contributed by atoms with Crippen LogP contribution in [0.15, 0.2) is 53.6 Å². The van der Waals surface area contributed by atoms with Crippen molar-refractivity contribution < 1.29 is 9.53 Å². The summed E-state index contributed by atoms with van der Waals surface area (Å²) in [4.78, 5) is 20.6. The first-order valence-electron chi connectivity index (χ1n) is 10.7. The van der Waals surface area contributed by atoms with Crippen LogP contribution in [0.2, 0.25) is 0 Å². The molecule has 32 heavy (non-hydrogen) atoms. The zero-order valence-corrected chi connectivity index (χ0v) is 19.1. The summed E-state index contributed by atoms with van der Waals surface area (Å²) in [5, 5.41) is 13.7. The number of amides is 1. The molecule has 0 bridgehead atoms. The number of nitrogens with zero attached hydrogens (tertiary/aromatic N) is 3. The van der Waals surface area contributed by atoms with Crippen molar-refractivity contribution >= 4 is 34.3 Å². The third kappa shape index (κ3) is 4.66. The number of hydrogen-bond acceptors (Lipinski definition) is 6. The van der Waals surface area contributed by atoms with Crippen molar-refractivity contribution in [3.05, 3.63) is 59.8 Å². The number of anilines is 1. The molecule has 0 saturated carbocycles. The largest absolute Gasteiger partial charge is 0.497 e. The Hall–Kier alpha value is -3.24. The van der Waals surface area contributed by atoms with Gasteiger partial charge in [-0.2, -0.15) is 5.26 Å². The van der Waals surface area contributed by atoms with Crippen LogP contribution in [0, 0.1) is 17.2 Å². The Morgan fingerprint density at radius 3 is 2.66 bits per heavy atom. The van der Waals surface area contributed by atoms with Gasteiger partial charge in [-0.25, -0.2) is 0 Å². The first-order valence-corrected chi connectivity index (χ1v) is 11.9. The molecule has 1 aromatic heterocycles. The standard InChI is InChI=1S/C25H26N4O2S/c1-31-20-5-8-22-23(13-20)27-16-19(14-26)24(22)29-11-9-18(10-12-29)25(30)28-15-17-3-6-21(32-2)7-4-17/h3-8,13,16,18H,9-12,15H2,1-2H3,(H,28,30). The fraction of sp³-hybridized carbons (Fsp3) is 0.320. The number of nitriles is 1. The number of carbonyl (C=O) groups is 1. The lowest BCUT2D eigenvalue weighted by molar-refractivity contribution is -0.125. The summed E-state index contributed by atoms with van der Waals surface area (Å²) in [6, 6.07) is 16.3. The predicted molar refractivity (Wildman–Crippen MR) is 128 cm³/mol. The average molecular weight is 447 g/mol. The third-order valence-electron chi connectivity index (χ3n) is 5.98. The topological polar surface area (TPSA) is 78.2 Å². The van der Waals surface area contributed by atoms with Gasteiger partial charge >= 0.3 is 0 Å². The molecule has 2 aromatic carbocycles. The maximum Gasteiger partial charge on any atom is 0.223 e. The molecule has 0 atom stereocenters. The highest BCUT2D eigenvalue weighted by Gasteiger charge is 2.27. The minimum absolute atomic E-state index is 0.0181. The molecule has 0 aliphatic carbocycles. The van der Waals surface area contributed by atoms with Gasteiger partial charge in [0.05, 0.1) is 23.9 Å². The minimum atomic E-state index is -0.0181. The van der Waals surface area contributed by atoms with E-state index in [1.165, 1.54) is 4.90 Å². The van der Waals surface area contributed by atoms with Crippen molar-refractivity contribution in [1.29, 1.82) is 5.26 Å². The lowest BCUT2D eigenvalue weighted by Gasteiger charge is -2.34. The normalized spacial score (nSPS) is 14.2. The van der Waals surface area contributed by atoms with E-state index in [1.807, 2.05) is 24.5 Å². The number of benzene rings is 2. The third-order valence-corrected chi connectivity index (χ3v) is 6.72. The number of rotatable bonds is 6. The molecule has 2 heterocycles. The van der Waals surface area contributed by atoms with E-state index >= 15 is 0 Å². The van der Waals surface area contributed by atoms with Crippen LogP contribution in [0.1, 0.15) is 24.0 Å². The Balaban J connectivity index is 1.42. The van der Waals surface area contributed by atoms with Crippen LogP contribution < -0.4 is 15.0 Å². The highest BCUT2D eigenvalue weighted by atomic mass is 32.2. The smallest absolute Gasteiger partial charge is 0.223 e. The molecule has 1 amide bonds. The molecule has 1 fully saturated rings. The van der Waals surface area contributed by atoms with Gasteiger partial charge in [-0.1, -0.05) is 12.1 Å². The Kier molecular flexibility index (Phi) is 6.81. The van der Waals surface area contributed by atoms with Gasteiger partial charge in [0.2, 0.25) is 5.91 Å². The molecule has 6 nitrogen and oxygen atoms in total. The van der Waals surface area contributed by atoms with Crippen molar-refractivity contribution in [2.75, 3.05) is 31.4 Å². The minimum Gasteiger partial charge on any atom is -0.497 e. The monoisotopic (exact) mass is 446 g/mol. The summed E-state index contributed by atoms with van der Waals surface area (Å²) in [6.45, 7) is 1.99.